The van der Waals surface area contributed by atoms with Gasteiger partial charge >= 0.3 is 0 Å². The van der Waals surface area contributed by atoms with Gasteiger partial charge in [0.25, 0.3) is 0 Å². The summed E-state index contributed by atoms with van der Waals surface area (Å²) in [6, 6.07) is 3.99. The summed E-state index contributed by atoms with van der Waals surface area (Å²) in [6.45, 7) is 3.10. The van der Waals surface area contributed by atoms with E-state index in [-0.39, 0.29) is 0 Å². The molecule has 0 N–H and O–H groups in total. The maximum absolute atomic E-state index is 4.81. The van der Waals surface area contributed by atoms with Crippen molar-refractivity contribution in [2.24, 2.45) is 21.8 Å². The molecule has 1 saturated carbocycles. The number of aromatic nitrogens is 1. The molecule has 3 rings (SSSR count). The number of nitrogens with zero attached hydrogens (tertiary/aromatic N) is 3. The quantitative estimate of drug-likeness (QED) is 0.794. The van der Waals surface area contributed by atoms with E-state index in [2.05, 4.69) is 16.9 Å². The van der Waals surface area contributed by atoms with Crippen molar-refractivity contribution in [2.75, 3.05) is 6.54 Å². The molecule has 21 heavy (non-hydrogen) atoms. The van der Waals surface area contributed by atoms with E-state index in [1.165, 1.54) is 50.7 Å². The van der Waals surface area contributed by atoms with Crippen LogP contribution < -0.4 is 0 Å². The molecule has 112 valence electrons. The molecular weight excluding hydrogens is 258 g/mol. The van der Waals surface area contributed by atoms with E-state index in [4.69, 9.17) is 4.99 Å². The van der Waals surface area contributed by atoms with Gasteiger partial charge in [0.2, 0.25) is 0 Å². The topological polar surface area (TPSA) is 37.6 Å². The fraction of sp³-hybridized carbons (Fsp3) is 0.611. The Hall–Kier alpha value is -1.51. The third-order valence-corrected chi connectivity index (χ3v) is 4.86. The van der Waals surface area contributed by atoms with Crippen molar-refractivity contribution in [3.63, 3.8) is 0 Å². The molecule has 0 bridgehead atoms. The van der Waals surface area contributed by atoms with E-state index >= 15 is 0 Å². The van der Waals surface area contributed by atoms with E-state index in [9.17, 15) is 0 Å². The highest BCUT2D eigenvalue weighted by Gasteiger charge is 2.26. The van der Waals surface area contributed by atoms with Crippen molar-refractivity contribution in [2.45, 2.75) is 51.9 Å². The molecule has 0 saturated heterocycles. The molecule has 2 heterocycles. The Morgan fingerprint density at radius 3 is 2.57 bits per heavy atom. The predicted octanol–water partition coefficient (Wildman–Crippen LogP) is 4.28. The van der Waals surface area contributed by atoms with Crippen molar-refractivity contribution in [3.8, 4) is 0 Å². The molecule has 1 aromatic rings. The highest BCUT2D eigenvalue weighted by molar-refractivity contribution is 6.12. The summed E-state index contributed by atoms with van der Waals surface area (Å²) in [4.78, 5) is 13.5. The first kappa shape index (κ1) is 14.4. The third-order valence-electron chi connectivity index (χ3n) is 4.86. The minimum Gasteiger partial charge on any atom is -0.265 e. The van der Waals surface area contributed by atoms with Gasteiger partial charge in [0.1, 0.15) is 0 Å². The van der Waals surface area contributed by atoms with Crippen molar-refractivity contribution in [1.29, 1.82) is 0 Å². The van der Waals surface area contributed by atoms with Gasteiger partial charge in [-0.1, -0.05) is 26.2 Å². The number of amidine groups is 1. The first-order valence-corrected chi connectivity index (χ1v) is 8.39. The molecular formula is C18H25N3. The van der Waals surface area contributed by atoms with Gasteiger partial charge in [-0.25, -0.2) is 4.99 Å². The number of aliphatic imine (C=N–C) groups is 2. The smallest absolute Gasteiger partial charge is 0.155 e. The lowest BCUT2D eigenvalue weighted by atomic mass is 9.78. The normalized spacial score (nSPS) is 25.6. The maximum Gasteiger partial charge on any atom is 0.155 e. The van der Waals surface area contributed by atoms with Crippen LogP contribution in [0.5, 0.6) is 0 Å². The lowest BCUT2D eigenvalue weighted by Crippen LogP contribution is -2.22. The third kappa shape index (κ3) is 3.58. The standard InChI is InChI=1S/C18H25N3/c1-2-3-4-14-5-7-15(8-6-14)17-13-20-18(21-17)16-9-11-19-12-10-16/h9-12,14-15H,2-8,13H2,1H3. The predicted molar refractivity (Wildman–Crippen MR) is 88.0 cm³/mol. The molecule has 0 amide bonds. The number of rotatable bonds is 5. The molecule has 1 aliphatic heterocycles. The SMILES string of the molecule is CCCCC1CCC(C2=NC(c3ccncc3)=NC2)CC1. The zero-order valence-electron chi connectivity index (χ0n) is 13.0. The van der Waals surface area contributed by atoms with Crippen LogP contribution in [0.25, 0.3) is 0 Å². The van der Waals surface area contributed by atoms with E-state index < -0.39 is 0 Å². The van der Waals surface area contributed by atoms with E-state index in [1.54, 1.807) is 0 Å². The molecule has 3 heteroatoms. The highest BCUT2D eigenvalue weighted by Crippen LogP contribution is 2.33. The summed E-state index contributed by atoms with van der Waals surface area (Å²) < 4.78 is 0. The fourth-order valence-electron chi connectivity index (χ4n) is 3.52. The largest absolute Gasteiger partial charge is 0.265 e. The number of hydrogen-bond acceptors (Lipinski definition) is 3. The molecule has 0 unspecified atom stereocenters. The van der Waals surface area contributed by atoms with Crippen molar-refractivity contribution >= 4 is 11.5 Å². The van der Waals surface area contributed by atoms with Crippen LogP contribution in [0.15, 0.2) is 34.5 Å². The fourth-order valence-corrected chi connectivity index (χ4v) is 3.52. The Labute approximate surface area is 127 Å². The van der Waals surface area contributed by atoms with Gasteiger partial charge in [-0.15, -0.1) is 0 Å². The number of hydrogen-bond donors (Lipinski definition) is 0. The molecule has 3 nitrogen and oxygen atoms in total. The van der Waals surface area contributed by atoms with Crippen LogP contribution in [0.4, 0.5) is 0 Å². The van der Waals surface area contributed by atoms with Gasteiger partial charge in [0, 0.05) is 23.7 Å². The van der Waals surface area contributed by atoms with E-state index in [0.29, 0.717) is 5.92 Å². The molecule has 0 spiro atoms. The van der Waals surface area contributed by atoms with Crippen LogP contribution in [0.2, 0.25) is 0 Å². The number of pyridine rings is 1. The summed E-state index contributed by atoms with van der Waals surface area (Å²) in [5.74, 6) is 2.54. The molecule has 0 atom stereocenters. The van der Waals surface area contributed by atoms with Gasteiger partial charge in [-0.05, 0) is 49.7 Å². The van der Waals surface area contributed by atoms with Crippen molar-refractivity contribution in [1.82, 2.24) is 4.98 Å². The van der Waals surface area contributed by atoms with Gasteiger partial charge in [-0.3, -0.25) is 9.98 Å². The average molecular weight is 283 g/mol. The van der Waals surface area contributed by atoms with Crippen LogP contribution in [0.1, 0.15) is 57.4 Å². The molecule has 1 aromatic heterocycles. The minimum absolute atomic E-state index is 0.672. The first-order chi connectivity index (χ1) is 10.4. The Morgan fingerprint density at radius 1 is 1.10 bits per heavy atom. The highest BCUT2D eigenvalue weighted by atomic mass is 15.0. The summed E-state index contributed by atoms with van der Waals surface area (Å²) in [5.41, 5.74) is 2.41. The lowest BCUT2D eigenvalue weighted by Gasteiger charge is -2.28. The van der Waals surface area contributed by atoms with Gasteiger partial charge < -0.3 is 0 Å². The van der Waals surface area contributed by atoms with Crippen LogP contribution in [-0.4, -0.2) is 23.1 Å². The molecule has 1 fully saturated rings. The Morgan fingerprint density at radius 2 is 1.86 bits per heavy atom. The average Bonchev–Trinajstić information content (AvgIpc) is 3.04. The van der Waals surface area contributed by atoms with Crippen LogP contribution in [0.3, 0.4) is 0 Å². The second-order valence-corrected chi connectivity index (χ2v) is 6.34. The monoisotopic (exact) mass is 283 g/mol. The van der Waals surface area contributed by atoms with E-state index in [0.717, 1.165) is 23.9 Å². The van der Waals surface area contributed by atoms with Gasteiger partial charge in [0.05, 0.1) is 6.54 Å². The number of unbranched alkanes of at least 4 members (excludes halogenated alkanes) is 1. The van der Waals surface area contributed by atoms with Crippen LogP contribution in [-0.2, 0) is 0 Å². The summed E-state index contributed by atoms with van der Waals surface area (Å²) in [5, 5.41) is 0. The van der Waals surface area contributed by atoms with Crippen molar-refractivity contribution < 1.29 is 0 Å². The van der Waals surface area contributed by atoms with Crippen molar-refractivity contribution in [3.05, 3.63) is 30.1 Å². The Balaban J connectivity index is 1.56. The summed E-state index contributed by atoms with van der Waals surface area (Å²) >= 11 is 0. The summed E-state index contributed by atoms with van der Waals surface area (Å²) in [6.07, 6.45) is 13.2. The molecule has 1 aliphatic carbocycles. The van der Waals surface area contributed by atoms with Gasteiger partial charge in [0.15, 0.2) is 5.84 Å². The van der Waals surface area contributed by atoms with E-state index in [1.807, 2.05) is 24.5 Å². The Bertz CT molecular complexity index is 511. The maximum atomic E-state index is 4.81. The van der Waals surface area contributed by atoms with Gasteiger partial charge in [-0.2, -0.15) is 0 Å². The summed E-state index contributed by atoms with van der Waals surface area (Å²) in [7, 11) is 0. The molecule has 2 aliphatic rings. The first-order valence-electron chi connectivity index (χ1n) is 8.39. The lowest BCUT2D eigenvalue weighted by molar-refractivity contribution is 0.300. The second kappa shape index (κ2) is 6.97. The van der Waals surface area contributed by atoms with Crippen LogP contribution in [0, 0.1) is 11.8 Å². The Kier molecular flexibility index (Phi) is 4.79. The molecule has 0 radical (unpaired) electrons. The second-order valence-electron chi connectivity index (χ2n) is 6.34. The zero-order valence-corrected chi connectivity index (χ0v) is 13.0. The van der Waals surface area contributed by atoms with Crippen LogP contribution >= 0.6 is 0 Å². The minimum atomic E-state index is 0.672. The zero-order chi connectivity index (χ0) is 14.5. The molecule has 0 aromatic carbocycles.